The number of hydrogen-bond donors (Lipinski definition) is 1. The molecular weight excluding hydrogens is 408 g/mol. The van der Waals surface area contributed by atoms with Crippen LogP contribution in [0.25, 0.3) is 11.1 Å². The molecule has 0 aliphatic rings. The summed E-state index contributed by atoms with van der Waals surface area (Å²) in [6, 6.07) is 18.4. The molecule has 4 heteroatoms. The second kappa shape index (κ2) is 10.3. The van der Waals surface area contributed by atoms with E-state index in [1.807, 2.05) is 39.0 Å². The molecule has 0 spiro atoms. The molecule has 0 aliphatic heterocycles. The molecule has 0 saturated heterocycles. The van der Waals surface area contributed by atoms with Crippen molar-refractivity contribution in [3.63, 3.8) is 0 Å². The van der Waals surface area contributed by atoms with E-state index in [-0.39, 0.29) is 5.97 Å². The molecular formula is C29H36N2O2. The normalized spacial score (nSPS) is 11.6. The minimum absolute atomic E-state index is 0.305. The summed E-state index contributed by atoms with van der Waals surface area (Å²) in [7, 11) is 0. The minimum atomic E-state index is -0.620. The Hall–Kier alpha value is -2.98. The maximum absolute atomic E-state index is 13.6. The van der Waals surface area contributed by atoms with Crippen LogP contribution in [0.3, 0.4) is 0 Å². The molecule has 3 rings (SSSR count). The van der Waals surface area contributed by atoms with Gasteiger partial charge < -0.3 is 10.5 Å². The van der Waals surface area contributed by atoms with Crippen molar-refractivity contribution in [3.8, 4) is 11.1 Å². The lowest BCUT2D eigenvalue weighted by molar-refractivity contribution is 0.00687. The van der Waals surface area contributed by atoms with Gasteiger partial charge in [-0.1, -0.05) is 74.0 Å². The smallest absolute Gasteiger partial charge is 0.341 e. The van der Waals surface area contributed by atoms with Crippen molar-refractivity contribution in [1.82, 2.24) is 4.98 Å². The van der Waals surface area contributed by atoms with Gasteiger partial charge in [-0.25, -0.2) is 4.79 Å². The molecule has 0 saturated carbocycles. The van der Waals surface area contributed by atoms with Crippen LogP contribution in [0.1, 0.15) is 73.1 Å². The largest absolute Gasteiger partial charge is 0.456 e. The topological polar surface area (TPSA) is 65.2 Å². The van der Waals surface area contributed by atoms with Crippen molar-refractivity contribution in [1.29, 1.82) is 0 Å². The molecule has 174 valence electrons. The van der Waals surface area contributed by atoms with Crippen LogP contribution in [0.5, 0.6) is 0 Å². The zero-order valence-electron chi connectivity index (χ0n) is 20.7. The molecule has 0 atom stereocenters. The molecule has 0 bridgehead atoms. The highest BCUT2D eigenvalue weighted by Crippen LogP contribution is 2.35. The van der Waals surface area contributed by atoms with Crippen LogP contribution in [-0.4, -0.2) is 16.6 Å². The number of nitrogens with two attached hydrogens (primary N) is 1. The Balaban J connectivity index is 2.34. The summed E-state index contributed by atoms with van der Waals surface area (Å²) >= 11 is 0. The van der Waals surface area contributed by atoms with Crippen LogP contribution in [0.4, 0.5) is 0 Å². The highest BCUT2D eigenvalue weighted by atomic mass is 16.6. The van der Waals surface area contributed by atoms with Gasteiger partial charge in [0, 0.05) is 24.2 Å². The first-order valence-electron chi connectivity index (χ1n) is 11.7. The van der Waals surface area contributed by atoms with Crippen molar-refractivity contribution in [2.75, 3.05) is 0 Å². The van der Waals surface area contributed by atoms with Crippen molar-refractivity contribution < 1.29 is 9.53 Å². The molecule has 1 aromatic heterocycles. The van der Waals surface area contributed by atoms with E-state index in [1.165, 1.54) is 0 Å². The van der Waals surface area contributed by atoms with E-state index < -0.39 is 5.60 Å². The van der Waals surface area contributed by atoms with Crippen molar-refractivity contribution in [3.05, 3.63) is 88.2 Å². The Kier molecular flexibility index (Phi) is 7.70. The zero-order valence-corrected chi connectivity index (χ0v) is 20.7. The van der Waals surface area contributed by atoms with E-state index in [4.69, 9.17) is 15.5 Å². The zero-order chi connectivity index (χ0) is 24.2. The number of aromatic nitrogens is 1. The number of benzene rings is 2. The van der Waals surface area contributed by atoms with Crippen LogP contribution in [0, 0.1) is 12.8 Å². The highest BCUT2D eigenvalue weighted by Gasteiger charge is 2.28. The number of carbonyl (C=O) groups excluding carboxylic acids is 1. The average Bonchev–Trinajstić information content (AvgIpc) is 2.73. The lowest BCUT2D eigenvalue weighted by Gasteiger charge is -2.25. The second-order valence-corrected chi connectivity index (χ2v) is 10.1. The Morgan fingerprint density at radius 1 is 1.00 bits per heavy atom. The third-order valence-electron chi connectivity index (χ3n) is 5.42. The summed E-state index contributed by atoms with van der Waals surface area (Å²) in [4.78, 5) is 18.7. The predicted molar refractivity (Wildman–Crippen MR) is 135 cm³/mol. The van der Waals surface area contributed by atoms with E-state index >= 15 is 0 Å². The fourth-order valence-electron chi connectivity index (χ4n) is 4.01. The van der Waals surface area contributed by atoms with Crippen molar-refractivity contribution >= 4 is 5.97 Å². The van der Waals surface area contributed by atoms with E-state index in [0.29, 0.717) is 24.4 Å². The Labute approximate surface area is 198 Å². The fraction of sp³-hybridized carbons (Fsp3) is 0.379. The standard InChI is InChI=1S/C29H36N2O2/c1-19(2)16-24-23(18-30)26(22-14-12-20(3)13-15-22)27(28(32)33-29(4,5)6)25(31-24)17-21-10-8-7-9-11-21/h7-15,19H,16-18,30H2,1-6H3. The minimum Gasteiger partial charge on any atom is -0.456 e. The second-order valence-electron chi connectivity index (χ2n) is 10.1. The van der Waals surface area contributed by atoms with Crippen molar-refractivity contribution in [2.45, 2.75) is 66.5 Å². The van der Waals surface area contributed by atoms with Crippen LogP contribution in [0.15, 0.2) is 54.6 Å². The molecule has 0 amide bonds. The summed E-state index contributed by atoms with van der Waals surface area (Å²) in [6.07, 6.45) is 1.34. The van der Waals surface area contributed by atoms with Crippen molar-refractivity contribution in [2.24, 2.45) is 11.7 Å². The molecule has 0 radical (unpaired) electrons. The van der Waals surface area contributed by atoms with E-state index in [0.717, 1.165) is 45.6 Å². The first-order valence-corrected chi connectivity index (χ1v) is 11.7. The number of carbonyl (C=O) groups is 1. The molecule has 3 aromatic rings. The summed E-state index contributed by atoms with van der Waals surface area (Å²) in [6.45, 7) is 12.4. The summed E-state index contributed by atoms with van der Waals surface area (Å²) in [5.41, 5.74) is 12.9. The van der Waals surface area contributed by atoms with Crippen LogP contribution >= 0.6 is 0 Å². The lowest BCUT2D eigenvalue weighted by atomic mass is 9.88. The van der Waals surface area contributed by atoms with Gasteiger partial charge in [0.1, 0.15) is 5.60 Å². The molecule has 1 heterocycles. The molecule has 4 nitrogen and oxygen atoms in total. The molecule has 2 aromatic carbocycles. The number of ether oxygens (including phenoxy) is 1. The monoisotopic (exact) mass is 444 g/mol. The number of hydrogen-bond acceptors (Lipinski definition) is 4. The first-order chi connectivity index (χ1) is 15.6. The Morgan fingerprint density at radius 2 is 1.64 bits per heavy atom. The average molecular weight is 445 g/mol. The van der Waals surface area contributed by atoms with E-state index in [9.17, 15) is 4.79 Å². The van der Waals surface area contributed by atoms with Gasteiger partial charge in [0.25, 0.3) is 0 Å². The number of pyridine rings is 1. The molecule has 0 aliphatic carbocycles. The third-order valence-corrected chi connectivity index (χ3v) is 5.42. The van der Waals surface area contributed by atoms with E-state index in [2.05, 4.69) is 57.2 Å². The fourth-order valence-corrected chi connectivity index (χ4v) is 4.01. The molecule has 33 heavy (non-hydrogen) atoms. The van der Waals surface area contributed by atoms with Gasteiger partial charge in [0.05, 0.1) is 11.3 Å². The van der Waals surface area contributed by atoms with E-state index in [1.54, 1.807) is 0 Å². The number of aryl methyl sites for hydroxylation is 1. The van der Waals surface area contributed by atoms with Gasteiger partial charge in [-0.3, -0.25) is 4.98 Å². The maximum atomic E-state index is 13.6. The Bertz CT molecular complexity index is 1100. The van der Waals surface area contributed by atoms with Gasteiger partial charge in [-0.05, 0) is 56.7 Å². The number of esters is 1. The SMILES string of the molecule is Cc1ccc(-c2c(CN)c(CC(C)C)nc(Cc3ccccc3)c2C(=O)OC(C)(C)C)cc1. The molecule has 0 fully saturated rings. The first kappa shape index (κ1) is 24.7. The maximum Gasteiger partial charge on any atom is 0.341 e. The Morgan fingerprint density at radius 3 is 2.18 bits per heavy atom. The van der Waals surface area contributed by atoms with Crippen LogP contribution < -0.4 is 5.73 Å². The molecule has 2 N–H and O–H groups in total. The van der Waals surface area contributed by atoms with Crippen LogP contribution in [0.2, 0.25) is 0 Å². The quantitative estimate of drug-likeness (QED) is 0.437. The summed E-state index contributed by atoms with van der Waals surface area (Å²) in [5, 5.41) is 0. The predicted octanol–water partition coefficient (Wildman–Crippen LogP) is 6.26. The number of rotatable bonds is 7. The van der Waals surface area contributed by atoms with Crippen LogP contribution in [-0.2, 0) is 24.1 Å². The van der Waals surface area contributed by atoms with Gasteiger partial charge in [0.2, 0.25) is 0 Å². The van der Waals surface area contributed by atoms with Gasteiger partial charge in [-0.15, -0.1) is 0 Å². The van der Waals surface area contributed by atoms with Gasteiger partial charge >= 0.3 is 5.97 Å². The third kappa shape index (κ3) is 6.29. The molecule has 0 unspecified atom stereocenters. The lowest BCUT2D eigenvalue weighted by Crippen LogP contribution is -2.26. The number of nitrogens with zero attached hydrogens (tertiary/aromatic N) is 1. The summed E-state index contributed by atoms with van der Waals surface area (Å²) in [5.74, 6) is 0.0490. The summed E-state index contributed by atoms with van der Waals surface area (Å²) < 4.78 is 5.89. The highest BCUT2D eigenvalue weighted by molar-refractivity contribution is 6.00. The van der Waals surface area contributed by atoms with Gasteiger partial charge in [-0.2, -0.15) is 0 Å². The van der Waals surface area contributed by atoms with Gasteiger partial charge in [0.15, 0.2) is 0 Å².